The van der Waals surface area contributed by atoms with E-state index in [1.54, 1.807) is 11.8 Å². The van der Waals surface area contributed by atoms with Gasteiger partial charge in [-0.1, -0.05) is 62.8 Å². The van der Waals surface area contributed by atoms with Crippen LogP contribution in [-0.4, -0.2) is 39.2 Å². The molecule has 1 aromatic carbocycles. The number of aliphatic hydroxyl groups excluding tert-OH is 2. The second-order valence-corrected chi connectivity index (χ2v) is 8.98. The Morgan fingerprint density at radius 3 is 2.58 bits per heavy atom. The molecule has 2 unspecified atom stereocenters. The fourth-order valence-corrected chi connectivity index (χ4v) is 5.15. The summed E-state index contributed by atoms with van der Waals surface area (Å²) >= 11 is 7.44. The standard InChI is InChI=1S/C21H31ClO3S/c1-2-3-4-5-6-7-18-19(24)13-20(25)21(18)26-14-17(23)12-15-8-10-16(22)11-9-15/h8-11,17-18,20-21,23,25H,2-7,12-14H2,1H3/t17?,18-,20?,21+/m0/s1. The van der Waals surface area contributed by atoms with Gasteiger partial charge in [0.2, 0.25) is 0 Å². The number of unbranched alkanes of at least 4 members (excludes halogenated alkanes) is 4. The lowest BCUT2D eigenvalue weighted by molar-refractivity contribution is -0.121. The molecule has 1 fully saturated rings. The molecule has 4 atom stereocenters. The van der Waals surface area contributed by atoms with E-state index in [2.05, 4.69) is 6.92 Å². The van der Waals surface area contributed by atoms with Crippen molar-refractivity contribution in [2.45, 2.75) is 75.7 Å². The maximum absolute atomic E-state index is 12.2. The van der Waals surface area contributed by atoms with Crippen molar-refractivity contribution in [2.75, 3.05) is 5.75 Å². The van der Waals surface area contributed by atoms with E-state index < -0.39 is 12.2 Å². The normalized spacial score (nSPS) is 24.2. The van der Waals surface area contributed by atoms with Crippen LogP contribution in [0.4, 0.5) is 0 Å². The molecule has 0 spiro atoms. The van der Waals surface area contributed by atoms with Crippen LogP contribution in [0.3, 0.4) is 0 Å². The number of ketones is 1. The van der Waals surface area contributed by atoms with Crippen LogP contribution in [0.25, 0.3) is 0 Å². The molecule has 26 heavy (non-hydrogen) atoms. The van der Waals surface area contributed by atoms with Gasteiger partial charge in [0, 0.05) is 28.4 Å². The molecule has 0 heterocycles. The van der Waals surface area contributed by atoms with Crippen molar-refractivity contribution in [2.24, 2.45) is 5.92 Å². The molecule has 1 aliphatic rings. The second-order valence-electron chi connectivity index (χ2n) is 7.33. The summed E-state index contributed by atoms with van der Waals surface area (Å²) in [5, 5.41) is 21.2. The van der Waals surface area contributed by atoms with Gasteiger partial charge < -0.3 is 10.2 Å². The Bertz CT molecular complexity index is 549. The monoisotopic (exact) mass is 398 g/mol. The Morgan fingerprint density at radius 2 is 1.88 bits per heavy atom. The highest BCUT2D eigenvalue weighted by Gasteiger charge is 2.41. The molecule has 1 aliphatic carbocycles. The van der Waals surface area contributed by atoms with Crippen LogP contribution in [0.5, 0.6) is 0 Å². The summed E-state index contributed by atoms with van der Waals surface area (Å²) in [7, 11) is 0. The van der Waals surface area contributed by atoms with Crippen LogP contribution < -0.4 is 0 Å². The Morgan fingerprint density at radius 1 is 1.19 bits per heavy atom. The van der Waals surface area contributed by atoms with Crippen molar-refractivity contribution in [1.29, 1.82) is 0 Å². The van der Waals surface area contributed by atoms with E-state index in [1.807, 2.05) is 24.3 Å². The third-order valence-corrected chi connectivity index (χ3v) is 6.94. The fourth-order valence-electron chi connectivity index (χ4n) is 3.62. The van der Waals surface area contributed by atoms with Gasteiger partial charge in [0.15, 0.2) is 0 Å². The van der Waals surface area contributed by atoms with Gasteiger partial charge in [-0.25, -0.2) is 0 Å². The molecule has 2 rings (SSSR count). The number of carbonyl (C=O) groups excluding carboxylic acids is 1. The highest BCUT2D eigenvalue weighted by molar-refractivity contribution is 8.00. The van der Waals surface area contributed by atoms with Gasteiger partial charge in [0.1, 0.15) is 5.78 Å². The van der Waals surface area contributed by atoms with Crippen molar-refractivity contribution >= 4 is 29.1 Å². The number of Topliss-reactive ketones (excluding diaryl/α,β-unsaturated/α-hetero) is 1. The van der Waals surface area contributed by atoms with E-state index >= 15 is 0 Å². The first-order chi connectivity index (χ1) is 12.5. The minimum absolute atomic E-state index is 0.0561. The lowest BCUT2D eigenvalue weighted by Crippen LogP contribution is -2.26. The molecule has 0 bridgehead atoms. The first-order valence-electron chi connectivity index (χ1n) is 9.76. The predicted molar refractivity (Wildman–Crippen MR) is 110 cm³/mol. The average Bonchev–Trinajstić information content (AvgIpc) is 2.88. The molecule has 1 saturated carbocycles. The highest BCUT2D eigenvalue weighted by atomic mass is 35.5. The first kappa shape index (κ1) is 21.7. The predicted octanol–water partition coefficient (Wildman–Crippen LogP) is 4.66. The Hall–Kier alpha value is -0.550. The van der Waals surface area contributed by atoms with Crippen LogP contribution in [0.2, 0.25) is 5.02 Å². The number of rotatable bonds is 11. The van der Waals surface area contributed by atoms with E-state index in [0.29, 0.717) is 17.2 Å². The third-order valence-electron chi connectivity index (χ3n) is 5.08. The molecule has 2 N–H and O–H groups in total. The summed E-state index contributed by atoms with van der Waals surface area (Å²) < 4.78 is 0. The molecule has 5 heteroatoms. The molecule has 0 amide bonds. The van der Waals surface area contributed by atoms with Crippen LogP contribution >= 0.6 is 23.4 Å². The van der Waals surface area contributed by atoms with Gasteiger partial charge in [-0.3, -0.25) is 4.79 Å². The summed E-state index contributed by atoms with van der Waals surface area (Å²) in [6, 6.07) is 7.49. The van der Waals surface area contributed by atoms with E-state index in [0.717, 1.165) is 24.8 Å². The molecule has 146 valence electrons. The van der Waals surface area contributed by atoms with Crippen molar-refractivity contribution in [3.05, 3.63) is 34.9 Å². The maximum Gasteiger partial charge on any atom is 0.139 e. The van der Waals surface area contributed by atoms with Crippen molar-refractivity contribution in [3.8, 4) is 0 Å². The van der Waals surface area contributed by atoms with Crippen LogP contribution in [0.1, 0.15) is 57.4 Å². The number of hydrogen-bond acceptors (Lipinski definition) is 4. The zero-order valence-corrected chi connectivity index (χ0v) is 17.1. The molecular weight excluding hydrogens is 368 g/mol. The number of hydrogen-bond donors (Lipinski definition) is 2. The van der Waals surface area contributed by atoms with Crippen molar-refractivity contribution < 1.29 is 15.0 Å². The van der Waals surface area contributed by atoms with E-state index in [9.17, 15) is 15.0 Å². The number of halogens is 1. The molecule has 0 aromatic heterocycles. The Balaban J connectivity index is 1.78. The second kappa shape index (κ2) is 11.3. The molecular formula is C21H31ClO3S. The molecule has 3 nitrogen and oxygen atoms in total. The summed E-state index contributed by atoms with van der Waals surface area (Å²) in [6.45, 7) is 2.19. The average molecular weight is 399 g/mol. The lowest BCUT2D eigenvalue weighted by Gasteiger charge is -2.22. The topological polar surface area (TPSA) is 57.5 Å². The largest absolute Gasteiger partial charge is 0.392 e. The van der Waals surface area contributed by atoms with Gasteiger partial charge in [0.25, 0.3) is 0 Å². The van der Waals surface area contributed by atoms with Crippen LogP contribution in [-0.2, 0) is 11.2 Å². The summed E-state index contributed by atoms with van der Waals surface area (Å²) in [5.74, 6) is 0.668. The van der Waals surface area contributed by atoms with Crippen LogP contribution in [0.15, 0.2) is 24.3 Å². The molecule has 0 radical (unpaired) electrons. The minimum Gasteiger partial charge on any atom is -0.392 e. The zero-order valence-electron chi connectivity index (χ0n) is 15.6. The molecule has 0 saturated heterocycles. The Labute approximate surface area is 166 Å². The van der Waals surface area contributed by atoms with Gasteiger partial charge >= 0.3 is 0 Å². The zero-order chi connectivity index (χ0) is 18.9. The number of aliphatic hydroxyl groups is 2. The minimum atomic E-state index is -0.573. The van der Waals surface area contributed by atoms with Gasteiger partial charge in [-0.15, -0.1) is 0 Å². The quantitative estimate of drug-likeness (QED) is 0.532. The van der Waals surface area contributed by atoms with E-state index in [4.69, 9.17) is 11.6 Å². The lowest BCUT2D eigenvalue weighted by atomic mass is 9.98. The molecule has 1 aromatic rings. The first-order valence-corrected chi connectivity index (χ1v) is 11.2. The summed E-state index contributed by atoms with van der Waals surface area (Å²) in [4.78, 5) is 12.2. The smallest absolute Gasteiger partial charge is 0.139 e. The number of benzene rings is 1. The number of carbonyl (C=O) groups is 1. The van der Waals surface area contributed by atoms with E-state index in [1.165, 1.54) is 19.3 Å². The van der Waals surface area contributed by atoms with Gasteiger partial charge in [-0.05, 0) is 30.5 Å². The molecule has 0 aliphatic heterocycles. The SMILES string of the molecule is CCCCCCC[C@H]1C(=O)CC(O)[C@@H]1SCC(O)Cc1ccc(Cl)cc1. The number of thioether (sulfide) groups is 1. The van der Waals surface area contributed by atoms with Gasteiger partial charge in [-0.2, -0.15) is 11.8 Å². The highest BCUT2D eigenvalue weighted by Crippen LogP contribution is 2.36. The fraction of sp³-hybridized carbons (Fsp3) is 0.667. The van der Waals surface area contributed by atoms with Crippen LogP contribution in [0, 0.1) is 5.92 Å². The maximum atomic E-state index is 12.2. The summed E-state index contributed by atoms with van der Waals surface area (Å²) in [6.07, 6.45) is 6.51. The third kappa shape index (κ3) is 6.88. The summed E-state index contributed by atoms with van der Waals surface area (Å²) in [5.41, 5.74) is 1.04. The van der Waals surface area contributed by atoms with Gasteiger partial charge in [0.05, 0.1) is 12.2 Å². The van der Waals surface area contributed by atoms with Crippen molar-refractivity contribution in [3.63, 3.8) is 0 Å². The Kier molecular flexibility index (Phi) is 9.48. The van der Waals surface area contributed by atoms with E-state index in [-0.39, 0.29) is 23.4 Å². The van der Waals surface area contributed by atoms with Crippen molar-refractivity contribution in [1.82, 2.24) is 0 Å².